The van der Waals surface area contributed by atoms with Gasteiger partial charge in [0.15, 0.2) is 0 Å². The highest BCUT2D eigenvalue weighted by molar-refractivity contribution is 6.07. The van der Waals surface area contributed by atoms with E-state index in [0.717, 1.165) is 18.9 Å². The summed E-state index contributed by atoms with van der Waals surface area (Å²) in [5.41, 5.74) is 0.764. The standard InChI is InChI=1S/C24H24F3N5O/c1-30(2)16-8-10-31(11-9-16)20-13-15(24(25,26)27)12-18-21-19(14-28-22(18)20)23(33)32(29-21)17-6-4-3-5-7-17/h3-7,12-14,16,29H,8-11H2,1-2H3. The third kappa shape index (κ3) is 3.76. The third-order valence-electron chi connectivity index (χ3n) is 6.49. The van der Waals surface area contributed by atoms with Crippen molar-refractivity contribution in [1.29, 1.82) is 0 Å². The van der Waals surface area contributed by atoms with Crippen molar-refractivity contribution in [3.63, 3.8) is 0 Å². The van der Waals surface area contributed by atoms with Gasteiger partial charge in [0, 0.05) is 30.7 Å². The van der Waals surface area contributed by atoms with Crippen molar-refractivity contribution in [3.05, 3.63) is 64.6 Å². The molecule has 1 N–H and O–H groups in total. The van der Waals surface area contributed by atoms with Crippen molar-refractivity contribution in [2.75, 3.05) is 32.1 Å². The van der Waals surface area contributed by atoms with Gasteiger partial charge in [0.1, 0.15) is 0 Å². The first kappa shape index (κ1) is 21.5. The summed E-state index contributed by atoms with van der Waals surface area (Å²) >= 11 is 0. The summed E-state index contributed by atoms with van der Waals surface area (Å²) in [6, 6.07) is 11.6. The number of alkyl halides is 3. The normalized spacial score (nSPS) is 15.8. The Morgan fingerprint density at radius 2 is 1.76 bits per heavy atom. The van der Waals surface area contributed by atoms with Crippen molar-refractivity contribution in [2.24, 2.45) is 0 Å². The molecule has 6 nitrogen and oxygen atoms in total. The van der Waals surface area contributed by atoms with Crippen LogP contribution in [0.15, 0.2) is 53.5 Å². The third-order valence-corrected chi connectivity index (χ3v) is 6.49. The molecule has 3 heterocycles. The van der Waals surface area contributed by atoms with Gasteiger partial charge in [-0.1, -0.05) is 18.2 Å². The first-order chi connectivity index (χ1) is 15.7. The molecular formula is C24H24F3N5O. The van der Waals surface area contributed by atoms with Crippen LogP contribution >= 0.6 is 0 Å². The number of halogens is 3. The molecule has 0 saturated carbocycles. The Labute approximate surface area is 188 Å². The van der Waals surface area contributed by atoms with E-state index in [1.54, 1.807) is 24.3 Å². The summed E-state index contributed by atoms with van der Waals surface area (Å²) in [7, 11) is 4.04. The van der Waals surface area contributed by atoms with Gasteiger partial charge in [0.05, 0.1) is 33.4 Å². The summed E-state index contributed by atoms with van der Waals surface area (Å²) in [5, 5.41) is 3.57. The maximum absolute atomic E-state index is 13.9. The number of nitrogens with one attached hydrogen (secondary N) is 1. The predicted molar refractivity (Wildman–Crippen MR) is 123 cm³/mol. The van der Waals surface area contributed by atoms with Crippen LogP contribution in [0.1, 0.15) is 18.4 Å². The number of piperidine rings is 1. The minimum atomic E-state index is -4.52. The number of nitrogens with zero attached hydrogens (tertiary/aromatic N) is 4. The Morgan fingerprint density at radius 1 is 1.06 bits per heavy atom. The number of fused-ring (bicyclic) bond motifs is 3. The number of para-hydroxylation sites is 1. The van der Waals surface area contributed by atoms with Crippen LogP contribution in [-0.4, -0.2) is 52.9 Å². The Morgan fingerprint density at radius 3 is 2.39 bits per heavy atom. The average Bonchev–Trinajstić information content (AvgIpc) is 3.15. The number of pyridine rings is 1. The highest BCUT2D eigenvalue weighted by Gasteiger charge is 2.33. The van der Waals surface area contributed by atoms with Crippen LogP contribution in [0, 0.1) is 0 Å². The van der Waals surface area contributed by atoms with E-state index in [4.69, 9.17) is 0 Å². The van der Waals surface area contributed by atoms with Crippen molar-refractivity contribution < 1.29 is 13.2 Å². The molecule has 1 aliphatic rings. The molecule has 1 saturated heterocycles. The molecule has 9 heteroatoms. The quantitative estimate of drug-likeness (QED) is 0.497. The van der Waals surface area contributed by atoms with Gasteiger partial charge in [0.2, 0.25) is 0 Å². The number of H-pyrrole nitrogens is 1. The molecule has 0 bridgehead atoms. The molecule has 5 rings (SSSR count). The Hall–Kier alpha value is -3.33. The summed E-state index contributed by atoms with van der Waals surface area (Å²) in [5.74, 6) is 0. The fourth-order valence-electron chi connectivity index (χ4n) is 4.64. The molecule has 0 aliphatic carbocycles. The second-order valence-corrected chi connectivity index (χ2v) is 8.71. The SMILES string of the molecule is CN(C)C1CCN(c2cc(C(F)(F)F)cc3c2ncc2c(=O)n(-c4ccccc4)[nH]c23)CC1. The Balaban J connectivity index is 1.71. The van der Waals surface area contributed by atoms with E-state index in [1.807, 2.05) is 25.1 Å². The molecular weight excluding hydrogens is 431 g/mol. The van der Waals surface area contributed by atoms with Gasteiger partial charge in [-0.15, -0.1) is 0 Å². The van der Waals surface area contributed by atoms with Gasteiger partial charge < -0.3 is 9.80 Å². The number of aromatic amines is 1. The topological polar surface area (TPSA) is 57.2 Å². The minimum Gasteiger partial charge on any atom is -0.370 e. The molecule has 33 heavy (non-hydrogen) atoms. The van der Waals surface area contributed by atoms with Crippen LogP contribution in [0.2, 0.25) is 0 Å². The van der Waals surface area contributed by atoms with Crippen LogP contribution in [0.3, 0.4) is 0 Å². The second kappa shape index (κ2) is 7.91. The highest BCUT2D eigenvalue weighted by Crippen LogP contribution is 2.38. The van der Waals surface area contributed by atoms with Crippen molar-refractivity contribution >= 4 is 27.5 Å². The maximum Gasteiger partial charge on any atom is 0.416 e. The van der Waals surface area contributed by atoms with Gasteiger partial charge >= 0.3 is 6.18 Å². The number of anilines is 1. The zero-order valence-corrected chi connectivity index (χ0v) is 18.4. The zero-order valence-electron chi connectivity index (χ0n) is 18.4. The molecule has 0 radical (unpaired) electrons. The molecule has 1 aliphatic heterocycles. The van der Waals surface area contributed by atoms with E-state index in [2.05, 4.69) is 15.0 Å². The molecule has 0 spiro atoms. The first-order valence-corrected chi connectivity index (χ1v) is 10.9. The van der Waals surface area contributed by atoms with Crippen LogP contribution in [0.25, 0.3) is 27.5 Å². The largest absolute Gasteiger partial charge is 0.416 e. The molecule has 172 valence electrons. The number of rotatable bonds is 3. The lowest BCUT2D eigenvalue weighted by molar-refractivity contribution is -0.137. The molecule has 4 aromatic rings. The van der Waals surface area contributed by atoms with Gasteiger partial charge in [-0.3, -0.25) is 14.9 Å². The maximum atomic E-state index is 13.9. The Kier molecular flexibility index (Phi) is 5.16. The molecule has 1 fully saturated rings. The van der Waals surface area contributed by atoms with Gasteiger partial charge in [-0.25, -0.2) is 4.68 Å². The highest BCUT2D eigenvalue weighted by atomic mass is 19.4. The van der Waals surface area contributed by atoms with Crippen LogP contribution in [0.4, 0.5) is 18.9 Å². The van der Waals surface area contributed by atoms with E-state index < -0.39 is 11.7 Å². The molecule has 2 aromatic carbocycles. The predicted octanol–water partition coefficient (Wildman–Crippen LogP) is 4.42. The lowest BCUT2D eigenvalue weighted by Gasteiger charge is -2.37. The fourth-order valence-corrected chi connectivity index (χ4v) is 4.64. The zero-order chi connectivity index (χ0) is 23.3. The van der Waals surface area contributed by atoms with Crippen LogP contribution < -0.4 is 10.5 Å². The molecule has 0 atom stereocenters. The summed E-state index contributed by atoms with van der Waals surface area (Å²) in [6.45, 7) is 1.28. The van der Waals surface area contributed by atoms with Gasteiger partial charge in [-0.05, 0) is 51.2 Å². The van der Waals surface area contributed by atoms with Gasteiger partial charge in [-0.2, -0.15) is 13.2 Å². The average molecular weight is 455 g/mol. The number of aromatic nitrogens is 3. The van der Waals surface area contributed by atoms with E-state index in [9.17, 15) is 18.0 Å². The minimum absolute atomic E-state index is 0.253. The van der Waals surface area contributed by atoms with Crippen LogP contribution in [-0.2, 0) is 6.18 Å². The summed E-state index contributed by atoms with van der Waals surface area (Å²) < 4.78 is 42.9. The van der Waals surface area contributed by atoms with E-state index in [-0.39, 0.29) is 10.9 Å². The van der Waals surface area contributed by atoms with Crippen molar-refractivity contribution in [1.82, 2.24) is 19.7 Å². The number of benzene rings is 2. The van der Waals surface area contributed by atoms with E-state index in [0.29, 0.717) is 46.9 Å². The lowest BCUT2D eigenvalue weighted by atomic mass is 10.0. The van der Waals surface area contributed by atoms with Crippen LogP contribution in [0.5, 0.6) is 0 Å². The Bertz CT molecular complexity index is 1370. The smallest absolute Gasteiger partial charge is 0.370 e. The lowest BCUT2D eigenvalue weighted by Crippen LogP contribution is -2.42. The first-order valence-electron chi connectivity index (χ1n) is 10.9. The number of hydrogen-bond donors (Lipinski definition) is 1. The number of hydrogen-bond acceptors (Lipinski definition) is 4. The summed E-state index contributed by atoms with van der Waals surface area (Å²) in [4.78, 5) is 21.6. The molecule has 0 amide bonds. The van der Waals surface area contributed by atoms with Crippen molar-refractivity contribution in [3.8, 4) is 5.69 Å². The van der Waals surface area contributed by atoms with Gasteiger partial charge in [0.25, 0.3) is 5.56 Å². The second-order valence-electron chi connectivity index (χ2n) is 8.71. The summed E-state index contributed by atoms with van der Waals surface area (Å²) in [6.07, 6.45) is -1.35. The van der Waals surface area contributed by atoms with E-state index >= 15 is 0 Å². The fraction of sp³-hybridized carbons (Fsp3) is 0.333. The molecule has 2 aromatic heterocycles. The monoisotopic (exact) mass is 455 g/mol. The van der Waals surface area contributed by atoms with E-state index in [1.165, 1.54) is 16.9 Å². The molecule has 0 unspecified atom stereocenters. The van der Waals surface area contributed by atoms with Crippen molar-refractivity contribution in [2.45, 2.75) is 25.1 Å².